The van der Waals surface area contributed by atoms with E-state index in [0.717, 1.165) is 0 Å². The Morgan fingerprint density at radius 2 is 1.48 bits per heavy atom. The second-order valence-corrected chi connectivity index (χ2v) is 6.99. The van der Waals surface area contributed by atoms with Crippen molar-refractivity contribution in [2.24, 2.45) is 0 Å². The highest BCUT2D eigenvalue weighted by molar-refractivity contribution is 6.51. The number of benzene rings is 3. The molecule has 1 heterocycles. The molecular weight excluding hydrogens is 394 g/mol. The number of carbonyl (C=O) groups is 3. The fourth-order valence-corrected chi connectivity index (χ4v) is 3.70. The molecule has 6 nitrogen and oxygen atoms in total. The second-order valence-electron chi connectivity index (χ2n) is 6.99. The third kappa shape index (κ3) is 3.59. The number of esters is 1. The maximum Gasteiger partial charge on any atom is 0.337 e. The first-order valence-electron chi connectivity index (χ1n) is 9.62. The topological polar surface area (TPSA) is 83.9 Å². The number of amides is 1. The molecule has 31 heavy (non-hydrogen) atoms. The number of rotatable bonds is 4. The molecule has 154 valence electrons. The summed E-state index contributed by atoms with van der Waals surface area (Å²) in [7, 11) is 1.27. The van der Waals surface area contributed by atoms with Crippen molar-refractivity contribution in [2.45, 2.75) is 6.04 Å². The molecule has 1 atom stereocenters. The second kappa shape index (κ2) is 8.28. The fourth-order valence-electron chi connectivity index (χ4n) is 3.70. The first kappa shape index (κ1) is 20.1. The maximum absolute atomic E-state index is 13.1. The third-order valence-corrected chi connectivity index (χ3v) is 5.15. The summed E-state index contributed by atoms with van der Waals surface area (Å²) in [6, 6.07) is 23.0. The van der Waals surface area contributed by atoms with E-state index in [2.05, 4.69) is 0 Å². The highest BCUT2D eigenvalue weighted by Crippen LogP contribution is 2.42. The zero-order valence-electron chi connectivity index (χ0n) is 16.7. The maximum atomic E-state index is 13.1. The van der Waals surface area contributed by atoms with Crippen LogP contribution in [0.15, 0.2) is 90.5 Å². The Labute approximate surface area is 179 Å². The Hall–Kier alpha value is -4.19. The molecule has 0 aromatic heterocycles. The van der Waals surface area contributed by atoms with Gasteiger partial charge in [-0.1, -0.05) is 66.7 Å². The molecule has 3 aromatic rings. The van der Waals surface area contributed by atoms with E-state index in [-0.39, 0.29) is 16.9 Å². The zero-order chi connectivity index (χ0) is 22.0. The lowest BCUT2D eigenvalue weighted by molar-refractivity contribution is -0.132. The normalized spacial score (nSPS) is 17.6. The van der Waals surface area contributed by atoms with Crippen LogP contribution in [0.1, 0.15) is 27.5 Å². The van der Waals surface area contributed by atoms with E-state index in [1.54, 1.807) is 72.8 Å². The number of nitrogens with zero attached hydrogens (tertiary/aromatic N) is 1. The summed E-state index contributed by atoms with van der Waals surface area (Å²) in [5.41, 5.74) is 1.68. The molecule has 0 bridgehead atoms. The van der Waals surface area contributed by atoms with Crippen molar-refractivity contribution in [3.63, 3.8) is 0 Å². The molecule has 6 heteroatoms. The van der Waals surface area contributed by atoms with Crippen LogP contribution in [0.25, 0.3) is 5.76 Å². The van der Waals surface area contributed by atoms with Gasteiger partial charge in [-0.25, -0.2) is 4.79 Å². The molecule has 1 N–H and O–H groups in total. The summed E-state index contributed by atoms with van der Waals surface area (Å²) >= 11 is 0. The van der Waals surface area contributed by atoms with Crippen molar-refractivity contribution in [3.8, 4) is 0 Å². The molecule has 1 amide bonds. The first-order chi connectivity index (χ1) is 15.0. The number of ketones is 1. The Morgan fingerprint density at radius 1 is 0.871 bits per heavy atom. The number of hydrogen-bond acceptors (Lipinski definition) is 5. The summed E-state index contributed by atoms with van der Waals surface area (Å²) in [6.07, 6.45) is 0. The average molecular weight is 413 g/mol. The van der Waals surface area contributed by atoms with Crippen molar-refractivity contribution in [3.05, 3.63) is 107 Å². The summed E-state index contributed by atoms with van der Waals surface area (Å²) in [6.45, 7) is 0. The number of ether oxygens (including phenoxy) is 1. The number of hydrogen-bond donors (Lipinski definition) is 1. The quantitative estimate of drug-likeness (QED) is 0.301. The van der Waals surface area contributed by atoms with E-state index in [1.165, 1.54) is 18.1 Å². The number of aliphatic hydroxyl groups is 1. The summed E-state index contributed by atoms with van der Waals surface area (Å²) < 4.78 is 4.77. The van der Waals surface area contributed by atoms with Gasteiger partial charge in [-0.15, -0.1) is 0 Å². The van der Waals surface area contributed by atoms with Crippen LogP contribution in [0.5, 0.6) is 0 Å². The molecule has 1 unspecified atom stereocenters. The van der Waals surface area contributed by atoms with Crippen molar-refractivity contribution in [1.82, 2.24) is 0 Å². The SMILES string of the molecule is COC(=O)c1cccc(N2C(=O)C(=O)/C(=C(/O)c3ccccc3)C2c2ccccc2)c1. The minimum atomic E-state index is -0.852. The lowest BCUT2D eigenvalue weighted by Gasteiger charge is -2.25. The smallest absolute Gasteiger partial charge is 0.337 e. The summed E-state index contributed by atoms with van der Waals surface area (Å²) in [5.74, 6) is -2.38. The van der Waals surface area contributed by atoms with Crippen LogP contribution in [0.4, 0.5) is 5.69 Å². The van der Waals surface area contributed by atoms with Crippen LogP contribution >= 0.6 is 0 Å². The lowest BCUT2D eigenvalue weighted by Crippen LogP contribution is -2.29. The third-order valence-electron chi connectivity index (χ3n) is 5.15. The van der Waals surface area contributed by atoms with Crippen LogP contribution in [0.3, 0.4) is 0 Å². The van der Waals surface area contributed by atoms with Gasteiger partial charge in [-0.05, 0) is 23.8 Å². The first-order valence-corrected chi connectivity index (χ1v) is 9.62. The van der Waals surface area contributed by atoms with Gasteiger partial charge in [0.15, 0.2) is 0 Å². The Bertz CT molecular complexity index is 1180. The standard InChI is InChI=1S/C25H19NO5/c1-31-25(30)18-13-8-14-19(15-18)26-21(16-9-4-2-5-10-16)20(23(28)24(26)29)22(27)17-11-6-3-7-12-17/h2-15,21,27H,1H3/b22-20+. The Morgan fingerprint density at radius 3 is 2.13 bits per heavy atom. The van der Waals surface area contributed by atoms with Gasteiger partial charge >= 0.3 is 5.97 Å². The molecule has 0 radical (unpaired) electrons. The van der Waals surface area contributed by atoms with Crippen LogP contribution in [-0.4, -0.2) is 29.9 Å². The zero-order valence-corrected chi connectivity index (χ0v) is 16.7. The lowest BCUT2D eigenvalue weighted by atomic mass is 9.95. The predicted octanol–water partition coefficient (Wildman–Crippen LogP) is 4.10. The highest BCUT2D eigenvalue weighted by atomic mass is 16.5. The number of carbonyl (C=O) groups excluding carboxylic acids is 3. The van der Waals surface area contributed by atoms with Crippen molar-refractivity contribution in [1.29, 1.82) is 0 Å². The van der Waals surface area contributed by atoms with Crippen LogP contribution in [0.2, 0.25) is 0 Å². The minimum Gasteiger partial charge on any atom is -0.507 e. The van der Waals surface area contributed by atoms with Crippen molar-refractivity contribution >= 4 is 29.1 Å². The van der Waals surface area contributed by atoms with E-state index >= 15 is 0 Å². The molecule has 0 aliphatic carbocycles. The highest BCUT2D eigenvalue weighted by Gasteiger charge is 2.47. The van der Waals surface area contributed by atoms with Gasteiger partial charge in [-0.2, -0.15) is 0 Å². The van der Waals surface area contributed by atoms with Gasteiger partial charge in [-0.3, -0.25) is 14.5 Å². The van der Waals surface area contributed by atoms with Gasteiger partial charge in [0, 0.05) is 11.3 Å². The predicted molar refractivity (Wildman–Crippen MR) is 115 cm³/mol. The fraction of sp³-hybridized carbons (Fsp3) is 0.0800. The summed E-state index contributed by atoms with van der Waals surface area (Å²) in [4.78, 5) is 39.5. The van der Waals surface area contributed by atoms with E-state index in [1.807, 2.05) is 6.07 Å². The van der Waals surface area contributed by atoms with Crippen LogP contribution in [-0.2, 0) is 14.3 Å². The van der Waals surface area contributed by atoms with Gasteiger partial charge in [0.2, 0.25) is 0 Å². The molecule has 1 aliphatic rings. The molecule has 1 saturated heterocycles. The van der Waals surface area contributed by atoms with Gasteiger partial charge in [0.1, 0.15) is 5.76 Å². The van der Waals surface area contributed by atoms with Gasteiger partial charge in [0.25, 0.3) is 11.7 Å². The summed E-state index contributed by atoms with van der Waals surface area (Å²) in [5, 5.41) is 11.0. The van der Waals surface area contributed by atoms with Gasteiger partial charge < -0.3 is 9.84 Å². The average Bonchev–Trinajstić information content (AvgIpc) is 3.09. The van der Waals surface area contributed by atoms with Crippen LogP contribution in [0, 0.1) is 0 Å². The number of aliphatic hydroxyl groups excluding tert-OH is 1. The minimum absolute atomic E-state index is 0.00845. The molecule has 1 aliphatic heterocycles. The number of methoxy groups -OCH3 is 1. The van der Waals surface area contributed by atoms with Crippen LogP contribution < -0.4 is 4.90 Å². The van der Waals surface area contributed by atoms with Crippen molar-refractivity contribution in [2.75, 3.05) is 12.0 Å². The molecule has 0 spiro atoms. The molecule has 4 rings (SSSR count). The van der Waals surface area contributed by atoms with Crippen molar-refractivity contribution < 1.29 is 24.2 Å². The van der Waals surface area contributed by atoms with E-state index in [9.17, 15) is 19.5 Å². The molecular formula is C25H19NO5. The molecule has 0 saturated carbocycles. The largest absolute Gasteiger partial charge is 0.507 e. The number of anilines is 1. The monoisotopic (exact) mass is 413 g/mol. The molecule has 1 fully saturated rings. The van der Waals surface area contributed by atoms with E-state index < -0.39 is 23.7 Å². The van der Waals surface area contributed by atoms with E-state index in [4.69, 9.17) is 4.74 Å². The Kier molecular flexibility index (Phi) is 5.37. The molecule has 3 aromatic carbocycles. The van der Waals surface area contributed by atoms with Gasteiger partial charge in [0.05, 0.1) is 24.3 Å². The Balaban J connectivity index is 1.93. The number of Topliss-reactive ketones (excluding diaryl/α,β-unsaturated/α-hetero) is 1. The van der Waals surface area contributed by atoms with E-state index in [0.29, 0.717) is 16.8 Å².